The predicted octanol–water partition coefficient (Wildman–Crippen LogP) is 2.90. The first-order valence-electron chi connectivity index (χ1n) is 7.67. The highest BCUT2D eigenvalue weighted by Gasteiger charge is 2.43. The Morgan fingerprint density at radius 1 is 1.29 bits per heavy atom. The molecule has 1 aromatic carbocycles. The number of nitrogens with zero attached hydrogens (tertiary/aromatic N) is 1. The molecule has 0 bridgehead atoms. The summed E-state index contributed by atoms with van der Waals surface area (Å²) in [7, 11) is 1.63. The van der Waals surface area contributed by atoms with E-state index in [1.807, 2.05) is 18.2 Å². The molecule has 2 heterocycles. The zero-order valence-corrected chi connectivity index (χ0v) is 13.0. The molecule has 1 fully saturated rings. The summed E-state index contributed by atoms with van der Waals surface area (Å²) in [5.74, 6) is 1.61. The van der Waals surface area contributed by atoms with E-state index >= 15 is 0 Å². The van der Waals surface area contributed by atoms with E-state index in [4.69, 9.17) is 9.47 Å². The Labute approximate surface area is 126 Å². The second-order valence-corrected chi connectivity index (χ2v) is 6.38. The molecular formula is C17H23NO3. The van der Waals surface area contributed by atoms with Crippen LogP contribution in [0.15, 0.2) is 18.2 Å². The van der Waals surface area contributed by atoms with Crippen LogP contribution in [0.1, 0.15) is 43.5 Å². The van der Waals surface area contributed by atoms with Gasteiger partial charge >= 0.3 is 0 Å². The van der Waals surface area contributed by atoms with Crippen molar-refractivity contribution in [2.24, 2.45) is 0 Å². The highest BCUT2D eigenvalue weighted by molar-refractivity contribution is 6.00. The van der Waals surface area contributed by atoms with E-state index in [9.17, 15) is 4.79 Å². The SMILES string of the molecule is COc1ccc2c(c1)OC1(CCN(C(C)C)CC1)CC2=O. The van der Waals surface area contributed by atoms with Crippen molar-refractivity contribution in [1.29, 1.82) is 0 Å². The van der Waals surface area contributed by atoms with E-state index in [1.165, 1.54) is 0 Å². The number of ether oxygens (including phenoxy) is 2. The molecule has 3 rings (SSSR count). The van der Waals surface area contributed by atoms with Gasteiger partial charge in [0.25, 0.3) is 0 Å². The summed E-state index contributed by atoms with van der Waals surface area (Å²) >= 11 is 0. The molecule has 114 valence electrons. The van der Waals surface area contributed by atoms with E-state index in [0.29, 0.717) is 23.8 Å². The van der Waals surface area contributed by atoms with Gasteiger partial charge in [-0.3, -0.25) is 4.79 Å². The minimum atomic E-state index is -0.318. The Hall–Kier alpha value is -1.55. The number of Topliss-reactive ketones (excluding diaryl/α,β-unsaturated/α-hetero) is 1. The molecule has 0 N–H and O–H groups in total. The molecule has 0 radical (unpaired) electrons. The van der Waals surface area contributed by atoms with E-state index in [-0.39, 0.29) is 11.4 Å². The van der Waals surface area contributed by atoms with Gasteiger partial charge in [-0.25, -0.2) is 0 Å². The number of piperidine rings is 1. The van der Waals surface area contributed by atoms with Crippen LogP contribution in [0.4, 0.5) is 0 Å². The minimum absolute atomic E-state index is 0.192. The highest BCUT2D eigenvalue weighted by Crippen LogP contribution is 2.40. The van der Waals surface area contributed by atoms with Gasteiger partial charge in [-0.2, -0.15) is 0 Å². The molecule has 0 amide bonds. The molecule has 0 saturated carbocycles. The van der Waals surface area contributed by atoms with Crippen LogP contribution in [0.2, 0.25) is 0 Å². The molecule has 2 aliphatic rings. The molecule has 0 atom stereocenters. The van der Waals surface area contributed by atoms with Crippen molar-refractivity contribution in [2.75, 3.05) is 20.2 Å². The zero-order valence-electron chi connectivity index (χ0n) is 13.0. The van der Waals surface area contributed by atoms with Crippen molar-refractivity contribution in [2.45, 2.75) is 44.8 Å². The first-order valence-corrected chi connectivity index (χ1v) is 7.67. The maximum absolute atomic E-state index is 12.4. The molecule has 0 aliphatic carbocycles. The third-order valence-corrected chi connectivity index (χ3v) is 4.74. The Kier molecular flexibility index (Phi) is 3.66. The van der Waals surface area contributed by atoms with Gasteiger partial charge in [-0.05, 0) is 26.0 Å². The molecule has 1 saturated heterocycles. The Balaban J connectivity index is 1.83. The summed E-state index contributed by atoms with van der Waals surface area (Å²) in [5.41, 5.74) is 0.370. The fraction of sp³-hybridized carbons (Fsp3) is 0.588. The number of fused-ring (bicyclic) bond motifs is 1. The molecule has 1 aromatic rings. The van der Waals surface area contributed by atoms with Crippen LogP contribution >= 0.6 is 0 Å². The van der Waals surface area contributed by atoms with Crippen LogP contribution in [0.3, 0.4) is 0 Å². The van der Waals surface area contributed by atoms with Crippen molar-refractivity contribution in [3.63, 3.8) is 0 Å². The number of hydrogen-bond acceptors (Lipinski definition) is 4. The van der Waals surface area contributed by atoms with Crippen LogP contribution in [-0.4, -0.2) is 42.5 Å². The third kappa shape index (κ3) is 2.64. The van der Waals surface area contributed by atoms with E-state index in [0.717, 1.165) is 31.7 Å². The average molecular weight is 289 g/mol. The number of carbonyl (C=O) groups is 1. The summed E-state index contributed by atoms with van der Waals surface area (Å²) in [5, 5.41) is 0. The fourth-order valence-electron chi connectivity index (χ4n) is 3.33. The van der Waals surface area contributed by atoms with E-state index in [1.54, 1.807) is 7.11 Å². The van der Waals surface area contributed by atoms with Crippen LogP contribution in [0, 0.1) is 0 Å². The van der Waals surface area contributed by atoms with Crippen molar-refractivity contribution in [3.05, 3.63) is 23.8 Å². The number of ketones is 1. The largest absolute Gasteiger partial charge is 0.497 e. The second-order valence-electron chi connectivity index (χ2n) is 6.38. The van der Waals surface area contributed by atoms with Crippen molar-refractivity contribution < 1.29 is 14.3 Å². The number of hydrogen-bond donors (Lipinski definition) is 0. The second kappa shape index (κ2) is 5.34. The lowest BCUT2D eigenvalue weighted by Gasteiger charge is -2.45. The fourth-order valence-corrected chi connectivity index (χ4v) is 3.33. The smallest absolute Gasteiger partial charge is 0.170 e. The highest BCUT2D eigenvalue weighted by atomic mass is 16.5. The van der Waals surface area contributed by atoms with Crippen LogP contribution in [-0.2, 0) is 0 Å². The van der Waals surface area contributed by atoms with Crippen LogP contribution < -0.4 is 9.47 Å². The topological polar surface area (TPSA) is 38.8 Å². The molecular weight excluding hydrogens is 266 g/mol. The lowest BCUT2D eigenvalue weighted by atomic mass is 9.82. The summed E-state index contributed by atoms with van der Waals surface area (Å²) < 4.78 is 11.5. The first kappa shape index (κ1) is 14.4. The van der Waals surface area contributed by atoms with Gasteiger partial charge in [0, 0.05) is 38.0 Å². The minimum Gasteiger partial charge on any atom is -0.497 e. The lowest BCUT2D eigenvalue weighted by molar-refractivity contribution is -0.0154. The average Bonchev–Trinajstić information content (AvgIpc) is 2.47. The summed E-state index contributed by atoms with van der Waals surface area (Å²) in [6.45, 7) is 6.41. The van der Waals surface area contributed by atoms with E-state index < -0.39 is 0 Å². The zero-order chi connectivity index (χ0) is 15.0. The summed E-state index contributed by atoms with van der Waals surface area (Å²) in [6.07, 6.45) is 2.32. The molecule has 4 heteroatoms. The molecule has 21 heavy (non-hydrogen) atoms. The normalized spacial score (nSPS) is 21.2. The maximum Gasteiger partial charge on any atom is 0.170 e. The Morgan fingerprint density at radius 3 is 2.62 bits per heavy atom. The summed E-state index contributed by atoms with van der Waals surface area (Å²) in [4.78, 5) is 14.9. The van der Waals surface area contributed by atoms with Gasteiger partial charge in [0.05, 0.1) is 19.1 Å². The Morgan fingerprint density at radius 2 is 2.00 bits per heavy atom. The van der Waals surface area contributed by atoms with Gasteiger partial charge in [0.2, 0.25) is 0 Å². The molecule has 0 unspecified atom stereocenters. The molecule has 0 aromatic heterocycles. The number of carbonyl (C=O) groups excluding carboxylic acids is 1. The van der Waals surface area contributed by atoms with Crippen LogP contribution in [0.5, 0.6) is 11.5 Å². The third-order valence-electron chi connectivity index (χ3n) is 4.74. The van der Waals surface area contributed by atoms with Crippen molar-refractivity contribution >= 4 is 5.78 Å². The lowest BCUT2D eigenvalue weighted by Crippen LogP contribution is -2.52. The van der Waals surface area contributed by atoms with Gasteiger partial charge in [-0.15, -0.1) is 0 Å². The maximum atomic E-state index is 12.4. The molecule has 1 spiro atoms. The first-order chi connectivity index (χ1) is 10.0. The van der Waals surface area contributed by atoms with Gasteiger partial charge in [0.1, 0.15) is 17.1 Å². The molecule has 2 aliphatic heterocycles. The van der Waals surface area contributed by atoms with Gasteiger partial charge in [-0.1, -0.05) is 0 Å². The van der Waals surface area contributed by atoms with Crippen molar-refractivity contribution in [1.82, 2.24) is 4.90 Å². The van der Waals surface area contributed by atoms with Gasteiger partial charge in [0.15, 0.2) is 5.78 Å². The predicted molar refractivity (Wildman–Crippen MR) is 81.2 cm³/mol. The van der Waals surface area contributed by atoms with E-state index in [2.05, 4.69) is 18.7 Å². The number of rotatable bonds is 2. The Bertz CT molecular complexity index is 545. The number of methoxy groups -OCH3 is 1. The standard InChI is InChI=1S/C17H23NO3/c1-12(2)18-8-6-17(7-9-18)11-15(19)14-5-4-13(20-3)10-16(14)21-17/h4-5,10,12H,6-9,11H2,1-3H3. The van der Waals surface area contributed by atoms with Gasteiger partial charge < -0.3 is 14.4 Å². The van der Waals surface area contributed by atoms with Crippen LogP contribution in [0.25, 0.3) is 0 Å². The number of benzene rings is 1. The summed E-state index contributed by atoms with van der Waals surface area (Å²) in [6, 6.07) is 6.02. The molecule has 4 nitrogen and oxygen atoms in total. The monoisotopic (exact) mass is 289 g/mol. The van der Waals surface area contributed by atoms with Crippen molar-refractivity contribution in [3.8, 4) is 11.5 Å². The number of likely N-dealkylation sites (tertiary alicyclic amines) is 1. The quantitative estimate of drug-likeness (QED) is 0.839.